The molecule has 1 aliphatic rings. The topological polar surface area (TPSA) is 71.3 Å². The van der Waals surface area contributed by atoms with Gasteiger partial charge >= 0.3 is 5.82 Å². The summed E-state index contributed by atoms with van der Waals surface area (Å²) in [6, 6.07) is 3.63. The summed E-state index contributed by atoms with van der Waals surface area (Å²) in [6.07, 6.45) is 1.57. The number of pyridine rings is 1. The van der Waals surface area contributed by atoms with E-state index in [1.807, 2.05) is 0 Å². The summed E-state index contributed by atoms with van der Waals surface area (Å²) >= 11 is 0. The minimum atomic E-state index is -0.482. The van der Waals surface area contributed by atoms with Crippen LogP contribution >= 0.6 is 0 Å². The van der Waals surface area contributed by atoms with E-state index in [0.717, 1.165) is 25.3 Å². The second kappa shape index (κ2) is 4.44. The Morgan fingerprint density at radius 1 is 1.62 bits per heavy atom. The van der Waals surface area contributed by atoms with Gasteiger partial charge in [-0.05, 0) is 22.9 Å². The molecule has 1 fully saturated rings. The van der Waals surface area contributed by atoms with Gasteiger partial charge in [0, 0.05) is 31.7 Å². The van der Waals surface area contributed by atoms with Crippen molar-refractivity contribution in [2.24, 2.45) is 0 Å². The molecule has 1 N–H and O–H groups in total. The molecule has 1 saturated heterocycles. The zero-order chi connectivity index (χ0) is 11.5. The Morgan fingerprint density at radius 2 is 2.44 bits per heavy atom. The summed E-state index contributed by atoms with van der Waals surface area (Å²) in [5.41, 5.74) is 0.943. The van der Waals surface area contributed by atoms with Crippen LogP contribution in [0.3, 0.4) is 0 Å². The van der Waals surface area contributed by atoms with Crippen LogP contribution in [-0.4, -0.2) is 35.6 Å². The van der Waals surface area contributed by atoms with Crippen LogP contribution in [0.25, 0.3) is 0 Å². The first-order valence-corrected chi connectivity index (χ1v) is 5.25. The molecule has 0 bridgehead atoms. The van der Waals surface area contributed by atoms with Gasteiger partial charge < -0.3 is 20.3 Å². The smallest absolute Gasteiger partial charge is 0.363 e. The summed E-state index contributed by atoms with van der Waals surface area (Å²) < 4.78 is 0. The minimum Gasteiger partial charge on any atom is -0.366 e. The largest absolute Gasteiger partial charge is 0.366 e. The molecule has 6 heteroatoms. The van der Waals surface area contributed by atoms with Crippen molar-refractivity contribution in [2.45, 2.75) is 13.0 Å². The molecule has 86 valence electrons. The highest BCUT2D eigenvalue weighted by Crippen LogP contribution is 2.17. The molecule has 0 aromatic carbocycles. The van der Waals surface area contributed by atoms with E-state index >= 15 is 0 Å². The van der Waals surface area contributed by atoms with Gasteiger partial charge in [-0.2, -0.15) is 0 Å². The lowest BCUT2D eigenvalue weighted by atomic mass is 10.2. The van der Waals surface area contributed by atoms with Crippen molar-refractivity contribution in [3.05, 3.63) is 28.4 Å². The van der Waals surface area contributed by atoms with E-state index in [1.165, 1.54) is 6.07 Å². The zero-order valence-corrected chi connectivity index (χ0v) is 9.09. The van der Waals surface area contributed by atoms with Gasteiger partial charge in [0.2, 0.25) is 0 Å². The monoisotopic (exact) mass is 222 g/mol. The number of hydrogen-bond donors (Lipinski definition) is 1. The number of nitrogens with zero attached hydrogens (tertiary/aromatic N) is 3. The van der Waals surface area contributed by atoms with E-state index < -0.39 is 4.92 Å². The molecule has 0 spiro atoms. The van der Waals surface area contributed by atoms with E-state index in [0.29, 0.717) is 6.04 Å². The van der Waals surface area contributed by atoms with Gasteiger partial charge in [-0.1, -0.05) is 0 Å². The van der Waals surface area contributed by atoms with Crippen LogP contribution in [-0.2, 0) is 0 Å². The van der Waals surface area contributed by atoms with Crippen LogP contribution in [0.4, 0.5) is 11.5 Å². The van der Waals surface area contributed by atoms with Crippen LogP contribution in [0.15, 0.2) is 18.3 Å². The number of nitrogens with one attached hydrogen (secondary N) is 1. The molecule has 0 aliphatic carbocycles. The van der Waals surface area contributed by atoms with Crippen molar-refractivity contribution in [1.82, 2.24) is 10.3 Å². The highest BCUT2D eigenvalue weighted by atomic mass is 16.6. The van der Waals surface area contributed by atoms with Crippen LogP contribution in [0.2, 0.25) is 0 Å². The molecule has 0 amide bonds. The summed E-state index contributed by atoms with van der Waals surface area (Å²) in [6.45, 7) is 4.85. The maximum absolute atomic E-state index is 10.5. The van der Waals surface area contributed by atoms with Crippen molar-refractivity contribution in [1.29, 1.82) is 0 Å². The first kappa shape index (κ1) is 10.8. The van der Waals surface area contributed by atoms with Crippen LogP contribution in [0.5, 0.6) is 0 Å². The Hall–Kier alpha value is -1.69. The normalized spacial score (nSPS) is 20.8. The number of anilines is 1. The molecular weight excluding hydrogens is 208 g/mol. The molecule has 16 heavy (non-hydrogen) atoms. The molecule has 0 radical (unpaired) electrons. The second-order valence-corrected chi connectivity index (χ2v) is 3.93. The molecule has 0 unspecified atom stereocenters. The second-order valence-electron chi connectivity index (χ2n) is 3.93. The summed E-state index contributed by atoms with van der Waals surface area (Å²) in [7, 11) is 0. The lowest BCUT2D eigenvalue weighted by molar-refractivity contribution is -0.389. The van der Waals surface area contributed by atoms with Crippen molar-refractivity contribution in [3.8, 4) is 0 Å². The maximum atomic E-state index is 10.5. The van der Waals surface area contributed by atoms with Gasteiger partial charge in [-0.15, -0.1) is 0 Å². The van der Waals surface area contributed by atoms with Crippen molar-refractivity contribution < 1.29 is 4.92 Å². The van der Waals surface area contributed by atoms with E-state index in [2.05, 4.69) is 22.1 Å². The van der Waals surface area contributed by atoms with Crippen LogP contribution in [0.1, 0.15) is 6.92 Å². The van der Waals surface area contributed by atoms with Crippen LogP contribution < -0.4 is 10.2 Å². The van der Waals surface area contributed by atoms with Crippen molar-refractivity contribution in [2.75, 3.05) is 24.5 Å². The fourth-order valence-electron chi connectivity index (χ4n) is 1.84. The third kappa shape index (κ3) is 2.27. The Morgan fingerprint density at radius 3 is 3.00 bits per heavy atom. The first-order chi connectivity index (χ1) is 7.66. The third-order valence-electron chi connectivity index (χ3n) is 2.65. The van der Waals surface area contributed by atoms with Crippen molar-refractivity contribution in [3.63, 3.8) is 0 Å². The minimum absolute atomic E-state index is 0.105. The highest BCUT2D eigenvalue weighted by Gasteiger charge is 2.17. The number of hydrogen-bond acceptors (Lipinski definition) is 5. The molecule has 1 aliphatic heterocycles. The van der Waals surface area contributed by atoms with Gasteiger partial charge in [-0.25, -0.2) is 0 Å². The maximum Gasteiger partial charge on any atom is 0.363 e. The van der Waals surface area contributed by atoms with E-state index in [-0.39, 0.29) is 5.82 Å². The van der Waals surface area contributed by atoms with Gasteiger partial charge in [0.15, 0.2) is 6.20 Å². The van der Waals surface area contributed by atoms with E-state index in [9.17, 15) is 10.1 Å². The molecule has 1 aromatic rings. The third-order valence-corrected chi connectivity index (χ3v) is 2.65. The SMILES string of the molecule is C[C@@H]1CN(c2ccc([N+](=O)[O-])nc2)CCN1. The molecular formula is C10H14N4O2. The van der Waals surface area contributed by atoms with Gasteiger partial charge in [0.05, 0.1) is 5.69 Å². The molecule has 2 heterocycles. The average Bonchev–Trinajstić information content (AvgIpc) is 2.29. The average molecular weight is 222 g/mol. The molecule has 2 rings (SSSR count). The Labute approximate surface area is 93.4 Å². The van der Waals surface area contributed by atoms with Gasteiger partial charge in [0.25, 0.3) is 0 Å². The number of piperazine rings is 1. The summed E-state index contributed by atoms with van der Waals surface area (Å²) in [5.74, 6) is -0.105. The lowest BCUT2D eigenvalue weighted by Crippen LogP contribution is -2.49. The van der Waals surface area contributed by atoms with E-state index in [4.69, 9.17) is 0 Å². The molecule has 1 aromatic heterocycles. The molecule has 6 nitrogen and oxygen atoms in total. The predicted molar refractivity (Wildman–Crippen MR) is 60.6 cm³/mol. The number of aromatic nitrogens is 1. The predicted octanol–water partition coefficient (Wildman–Crippen LogP) is 0.788. The first-order valence-electron chi connectivity index (χ1n) is 5.25. The summed E-state index contributed by atoms with van der Waals surface area (Å²) in [5, 5.41) is 13.8. The molecule has 0 saturated carbocycles. The summed E-state index contributed by atoms with van der Waals surface area (Å²) in [4.78, 5) is 16.0. The fourth-order valence-corrected chi connectivity index (χ4v) is 1.84. The number of nitro groups is 1. The Kier molecular flexibility index (Phi) is 3.00. The lowest BCUT2D eigenvalue weighted by Gasteiger charge is -2.32. The fraction of sp³-hybridized carbons (Fsp3) is 0.500. The molecule has 1 atom stereocenters. The Balaban J connectivity index is 2.11. The van der Waals surface area contributed by atoms with Gasteiger partial charge in [0.1, 0.15) is 0 Å². The van der Waals surface area contributed by atoms with Gasteiger partial charge in [-0.3, -0.25) is 0 Å². The quantitative estimate of drug-likeness (QED) is 0.591. The highest BCUT2D eigenvalue weighted by molar-refractivity contribution is 5.47. The number of rotatable bonds is 2. The van der Waals surface area contributed by atoms with Crippen LogP contribution in [0, 0.1) is 10.1 Å². The zero-order valence-electron chi connectivity index (χ0n) is 9.09. The standard InChI is InChI=1S/C10H14N4O2/c1-8-7-13(5-4-11-8)9-2-3-10(12-6-9)14(15)16/h2-3,6,8,11H,4-5,7H2,1H3/t8-/m1/s1. The van der Waals surface area contributed by atoms with Crippen molar-refractivity contribution >= 4 is 11.5 Å². The van der Waals surface area contributed by atoms with E-state index in [1.54, 1.807) is 12.3 Å². The Bertz CT molecular complexity index is 379.